The van der Waals surface area contributed by atoms with Gasteiger partial charge >= 0.3 is 17.9 Å². The number of hydrogen-bond donors (Lipinski definition) is 0. The number of allylic oxidation sites excluding steroid dienone is 8. The molecule has 1 atom stereocenters. The van der Waals surface area contributed by atoms with E-state index in [1.807, 2.05) is 0 Å². The van der Waals surface area contributed by atoms with E-state index < -0.39 is 6.10 Å². The molecule has 0 saturated carbocycles. The molecule has 0 aliphatic rings. The van der Waals surface area contributed by atoms with Gasteiger partial charge in [0.25, 0.3) is 0 Å². The highest BCUT2D eigenvalue weighted by Crippen LogP contribution is 2.17. The molecule has 0 aliphatic carbocycles. The van der Waals surface area contributed by atoms with Gasteiger partial charge in [-0.3, -0.25) is 14.4 Å². The van der Waals surface area contributed by atoms with Gasteiger partial charge in [0.05, 0.1) is 0 Å². The summed E-state index contributed by atoms with van der Waals surface area (Å²) >= 11 is 0. The minimum atomic E-state index is -0.782. The summed E-state index contributed by atoms with van der Waals surface area (Å²) in [6.45, 7) is 6.59. The molecule has 0 amide bonds. The van der Waals surface area contributed by atoms with Crippen LogP contribution in [0.5, 0.6) is 0 Å². The van der Waals surface area contributed by atoms with Gasteiger partial charge < -0.3 is 14.2 Å². The smallest absolute Gasteiger partial charge is 0.306 e. The standard InChI is InChI=1S/C65H118O6/c1-4-7-10-13-16-19-22-25-27-29-31-32-33-34-36-37-40-43-46-49-52-55-58-64(67)70-61-62(60-69-63(66)57-54-51-48-45-42-39-24-21-18-15-12-9-6-3)71-65(68)59-56-53-50-47-44-41-38-35-30-28-26-23-20-17-14-11-8-5-2/h12,15,20-21,23-24,28,30,62H,4-11,13-14,16-19,22,25-27,29,31-61H2,1-3H3/b15-12-,23-20-,24-21-,30-28-. The van der Waals surface area contributed by atoms with E-state index in [1.165, 1.54) is 193 Å². The van der Waals surface area contributed by atoms with Crippen molar-refractivity contribution in [1.82, 2.24) is 0 Å². The Hall–Kier alpha value is -2.63. The number of hydrogen-bond acceptors (Lipinski definition) is 6. The van der Waals surface area contributed by atoms with E-state index in [9.17, 15) is 14.4 Å². The fourth-order valence-corrected chi connectivity index (χ4v) is 9.10. The number of rotatable bonds is 57. The molecule has 0 aromatic rings. The van der Waals surface area contributed by atoms with Crippen LogP contribution in [-0.4, -0.2) is 37.2 Å². The van der Waals surface area contributed by atoms with E-state index >= 15 is 0 Å². The third-order valence-electron chi connectivity index (χ3n) is 13.8. The predicted molar refractivity (Wildman–Crippen MR) is 307 cm³/mol. The molecule has 0 aromatic carbocycles. The van der Waals surface area contributed by atoms with Gasteiger partial charge in [0, 0.05) is 19.3 Å². The average Bonchev–Trinajstić information content (AvgIpc) is 3.37. The molecule has 6 heteroatoms. The van der Waals surface area contributed by atoms with Crippen molar-refractivity contribution in [2.75, 3.05) is 13.2 Å². The summed E-state index contributed by atoms with van der Waals surface area (Å²) in [5.41, 5.74) is 0. The molecular weight excluding hydrogens is 877 g/mol. The minimum Gasteiger partial charge on any atom is -0.462 e. The van der Waals surface area contributed by atoms with Crippen LogP contribution in [0.4, 0.5) is 0 Å². The summed E-state index contributed by atoms with van der Waals surface area (Å²) in [6, 6.07) is 0. The maximum Gasteiger partial charge on any atom is 0.306 e. The summed E-state index contributed by atoms with van der Waals surface area (Å²) in [4.78, 5) is 38.2. The van der Waals surface area contributed by atoms with Crippen molar-refractivity contribution in [3.05, 3.63) is 48.6 Å². The van der Waals surface area contributed by atoms with Crippen LogP contribution in [0, 0.1) is 0 Å². The molecule has 0 rings (SSSR count). The lowest BCUT2D eigenvalue weighted by Crippen LogP contribution is -2.30. The van der Waals surface area contributed by atoms with Crippen LogP contribution in [0.3, 0.4) is 0 Å². The van der Waals surface area contributed by atoms with E-state index in [0.29, 0.717) is 19.3 Å². The Labute approximate surface area is 441 Å². The van der Waals surface area contributed by atoms with E-state index in [2.05, 4.69) is 69.4 Å². The van der Waals surface area contributed by atoms with E-state index in [1.54, 1.807) is 0 Å². The largest absolute Gasteiger partial charge is 0.462 e. The number of unbranched alkanes of at least 4 members (excludes halogenated alkanes) is 38. The summed E-state index contributed by atoms with van der Waals surface area (Å²) in [5.74, 6) is -0.882. The quantitative estimate of drug-likeness (QED) is 0.0261. The molecule has 0 radical (unpaired) electrons. The first-order chi connectivity index (χ1) is 35.0. The van der Waals surface area contributed by atoms with E-state index in [0.717, 1.165) is 96.3 Å². The van der Waals surface area contributed by atoms with Gasteiger partial charge in [0.15, 0.2) is 6.10 Å². The molecule has 0 aliphatic heterocycles. The van der Waals surface area contributed by atoms with Crippen molar-refractivity contribution in [3.8, 4) is 0 Å². The van der Waals surface area contributed by atoms with E-state index in [-0.39, 0.29) is 31.1 Å². The third kappa shape index (κ3) is 58.1. The topological polar surface area (TPSA) is 78.9 Å². The molecule has 6 nitrogen and oxygen atoms in total. The Morgan fingerprint density at radius 3 is 0.845 bits per heavy atom. The first-order valence-corrected chi connectivity index (χ1v) is 31.1. The molecule has 0 spiro atoms. The molecule has 414 valence electrons. The summed E-state index contributed by atoms with van der Waals surface area (Å²) in [6.07, 6.45) is 74.0. The Bertz CT molecular complexity index is 1230. The van der Waals surface area contributed by atoms with Gasteiger partial charge in [0.1, 0.15) is 13.2 Å². The monoisotopic (exact) mass is 995 g/mol. The predicted octanol–water partition coefficient (Wildman–Crippen LogP) is 21.0. The van der Waals surface area contributed by atoms with Crippen molar-refractivity contribution < 1.29 is 28.6 Å². The second-order valence-corrected chi connectivity index (χ2v) is 21.0. The molecule has 0 bridgehead atoms. The number of ether oxygens (including phenoxy) is 3. The first-order valence-electron chi connectivity index (χ1n) is 31.1. The van der Waals surface area contributed by atoms with Crippen LogP contribution in [0.1, 0.15) is 329 Å². The van der Waals surface area contributed by atoms with Crippen molar-refractivity contribution in [1.29, 1.82) is 0 Å². The lowest BCUT2D eigenvalue weighted by Gasteiger charge is -2.18. The normalized spacial score (nSPS) is 12.3. The van der Waals surface area contributed by atoms with Gasteiger partial charge in [-0.05, 0) is 77.0 Å². The van der Waals surface area contributed by atoms with Crippen molar-refractivity contribution >= 4 is 17.9 Å². The maximum absolute atomic E-state index is 12.9. The first kappa shape index (κ1) is 68.4. The van der Waals surface area contributed by atoms with Crippen molar-refractivity contribution in [2.45, 2.75) is 335 Å². The minimum absolute atomic E-state index is 0.0777. The van der Waals surface area contributed by atoms with Gasteiger partial charge in [-0.1, -0.05) is 281 Å². The van der Waals surface area contributed by atoms with Crippen molar-refractivity contribution in [2.24, 2.45) is 0 Å². The summed E-state index contributed by atoms with van der Waals surface area (Å²) in [7, 11) is 0. The van der Waals surface area contributed by atoms with Gasteiger partial charge in [-0.2, -0.15) is 0 Å². The SMILES string of the molecule is CCC/C=C\C/C=C\CCCCCCCC(=O)OCC(COC(=O)CCCCCCCCCCCCCCCCCCCCCCCC)OC(=O)CCCCCCCCC/C=C\C/C=C\CCCCCC. The Kier molecular flexibility index (Phi) is 57.7. The second-order valence-electron chi connectivity index (χ2n) is 21.0. The van der Waals surface area contributed by atoms with Crippen LogP contribution in [-0.2, 0) is 28.6 Å². The summed E-state index contributed by atoms with van der Waals surface area (Å²) in [5, 5.41) is 0. The lowest BCUT2D eigenvalue weighted by molar-refractivity contribution is -0.167. The fourth-order valence-electron chi connectivity index (χ4n) is 9.10. The highest BCUT2D eigenvalue weighted by atomic mass is 16.6. The number of esters is 3. The van der Waals surface area contributed by atoms with E-state index in [4.69, 9.17) is 14.2 Å². The fraction of sp³-hybridized carbons (Fsp3) is 0.831. The lowest BCUT2D eigenvalue weighted by atomic mass is 10.0. The summed E-state index contributed by atoms with van der Waals surface area (Å²) < 4.78 is 16.9. The zero-order valence-electron chi connectivity index (χ0n) is 47.5. The van der Waals surface area contributed by atoms with Gasteiger partial charge in [-0.15, -0.1) is 0 Å². The zero-order valence-corrected chi connectivity index (χ0v) is 47.5. The second kappa shape index (κ2) is 59.9. The Morgan fingerprint density at radius 2 is 0.535 bits per heavy atom. The Balaban J connectivity index is 4.30. The van der Waals surface area contributed by atoms with Gasteiger partial charge in [-0.25, -0.2) is 0 Å². The third-order valence-corrected chi connectivity index (χ3v) is 13.8. The molecule has 0 N–H and O–H groups in total. The Morgan fingerprint density at radius 1 is 0.282 bits per heavy atom. The zero-order chi connectivity index (χ0) is 51.4. The van der Waals surface area contributed by atoms with Crippen LogP contribution in [0.2, 0.25) is 0 Å². The highest BCUT2D eigenvalue weighted by molar-refractivity contribution is 5.71. The molecule has 0 aromatic heterocycles. The molecule has 0 heterocycles. The molecule has 1 unspecified atom stereocenters. The molecule has 71 heavy (non-hydrogen) atoms. The number of carbonyl (C=O) groups is 3. The van der Waals surface area contributed by atoms with Crippen LogP contribution in [0.15, 0.2) is 48.6 Å². The highest BCUT2D eigenvalue weighted by Gasteiger charge is 2.19. The molecule has 0 fully saturated rings. The maximum atomic E-state index is 12.9. The van der Waals surface area contributed by atoms with Crippen LogP contribution >= 0.6 is 0 Å². The molecular formula is C65H118O6. The number of carbonyl (C=O) groups excluding carboxylic acids is 3. The average molecular weight is 996 g/mol. The van der Waals surface area contributed by atoms with Crippen LogP contribution < -0.4 is 0 Å². The van der Waals surface area contributed by atoms with Crippen LogP contribution in [0.25, 0.3) is 0 Å². The molecule has 0 saturated heterocycles. The van der Waals surface area contributed by atoms with Gasteiger partial charge in [0.2, 0.25) is 0 Å². The van der Waals surface area contributed by atoms with Crippen molar-refractivity contribution in [3.63, 3.8) is 0 Å².